The second-order valence-corrected chi connectivity index (χ2v) is 9.79. The molecule has 0 radical (unpaired) electrons. The molecule has 4 atom stereocenters. The molecule has 1 saturated heterocycles. The lowest BCUT2D eigenvalue weighted by atomic mass is 9.88. The maximum atomic E-state index is 13.7. The third kappa shape index (κ3) is 4.58. The van der Waals surface area contributed by atoms with E-state index in [-0.39, 0.29) is 41.9 Å². The normalized spacial score (nSPS) is 22.8. The lowest BCUT2D eigenvalue weighted by Gasteiger charge is -2.30. The summed E-state index contributed by atoms with van der Waals surface area (Å²) < 4.78 is 6.85. The van der Waals surface area contributed by atoms with Crippen LogP contribution in [0.2, 0.25) is 0 Å². The highest BCUT2D eigenvalue weighted by molar-refractivity contribution is 5.95. The molecule has 0 saturated carbocycles. The first-order valence-electron chi connectivity index (χ1n) is 12.5. The smallest absolute Gasteiger partial charge is 0.258 e. The minimum absolute atomic E-state index is 0.0515. The monoisotopic (exact) mass is 496 g/mol. The van der Waals surface area contributed by atoms with Gasteiger partial charge in [0.25, 0.3) is 11.5 Å². The van der Waals surface area contributed by atoms with Gasteiger partial charge in [0.05, 0.1) is 18.7 Å². The van der Waals surface area contributed by atoms with Gasteiger partial charge in [-0.05, 0) is 42.8 Å². The number of likely N-dealkylation sites (tertiary alicyclic amines) is 1. The highest BCUT2D eigenvalue weighted by Crippen LogP contribution is 2.49. The third-order valence-electron chi connectivity index (χ3n) is 7.37. The number of ether oxygens (including phenoxy) is 1. The van der Waals surface area contributed by atoms with E-state index in [2.05, 4.69) is 17.1 Å². The highest BCUT2D eigenvalue weighted by atomic mass is 16.5. The average molecular weight is 497 g/mol. The molecule has 0 unspecified atom stereocenters. The van der Waals surface area contributed by atoms with Crippen molar-refractivity contribution >= 4 is 11.8 Å². The molecule has 36 heavy (non-hydrogen) atoms. The number of carbonyl (C=O) groups excluding carboxylic acids is 2. The Balaban J connectivity index is 1.70. The van der Waals surface area contributed by atoms with E-state index in [0.29, 0.717) is 42.9 Å². The molecule has 0 bridgehead atoms. The van der Waals surface area contributed by atoms with Crippen LogP contribution in [-0.2, 0) is 16.1 Å². The molecule has 1 aromatic carbocycles. The first kappa shape index (κ1) is 26.1. The van der Waals surface area contributed by atoms with Crippen molar-refractivity contribution in [2.45, 2.75) is 32.0 Å². The fourth-order valence-electron chi connectivity index (χ4n) is 5.80. The first-order valence-corrected chi connectivity index (χ1v) is 12.5. The molecule has 1 aromatic heterocycles. The molecule has 9 heteroatoms. The first-order chi connectivity index (χ1) is 17.3. The van der Waals surface area contributed by atoms with E-state index in [9.17, 15) is 19.5 Å². The zero-order valence-corrected chi connectivity index (χ0v) is 21.4. The van der Waals surface area contributed by atoms with Crippen LogP contribution >= 0.6 is 0 Å². The molecular formula is C27H36N4O5. The Morgan fingerprint density at radius 1 is 1.22 bits per heavy atom. The fourth-order valence-corrected chi connectivity index (χ4v) is 5.80. The molecule has 3 heterocycles. The molecule has 0 spiro atoms. The Morgan fingerprint density at radius 3 is 2.67 bits per heavy atom. The van der Waals surface area contributed by atoms with E-state index in [0.717, 1.165) is 12.1 Å². The molecule has 2 aromatic rings. The molecule has 9 nitrogen and oxygen atoms in total. The number of carbonyl (C=O) groups is 2. The van der Waals surface area contributed by atoms with E-state index in [1.54, 1.807) is 44.0 Å². The van der Waals surface area contributed by atoms with Gasteiger partial charge in [0.1, 0.15) is 0 Å². The van der Waals surface area contributed by atoms with Crippen molar-refractivity contribution in [1.82, 2.24) is 19.7 Å². The lowest BCUT2D eigenvalue weighted by Crippen LogP contribution is -2.49. The predicted octanol–water partition coefficient (Wildman–Crippen LogP) is 1.35. The lowest BCUT2D eigenvalue weighted by molar-refractivity contribution is -0.127. The van der Waals surface area contributed by atoms with Gasteiger partial charge in [0.2, 0.25) is 5.91 Å². The summed E-state index contributed by atoms with van der Waals surface area (Å²) in [6.45, 7) is 3.89. The zero-order valence-electron chi connectivity index (χ0n) is 21.4. The number of nitrogens with zero attached hydrogens (tertiary/aromatic N) is 3. The van der Waals surface area contributed by atoms with Crippen LogP contribution in [0.5, 0.6) is 0 Å². The molecule has 194 valence electrons. The third-order valence-corrected chi connectivity index (χ3v) is 7.37. The summed E-state index contributed by atoms with van der Waals surface area (Å²) in [6.07, 6.45) is 0.845. The van der Waals surface area contributed by atoms with Crippen molar-refractivity contribution in [3.8, 4) is 11.1 Å². The number of methoxy groups -OCH3 is 1. The molecular weight excluding hydrogens is 460 g/mol. The number of hydrogen-bond donors (Lipinski definition) is 2. The Hall–Kier alpha value is -3.01. The largest absolute Gasteiger partial charge is 0.396 e. The van der Waals surface area contributed by atoms with Crippen LogP contribution in [0.1, 0.15) is 35.4 Å². The number of aliphatic hydroxyl groups is 1. The Labute approximate surface area is 211 Å². The number of hydrogen-bond acceptors (Lipinski definition) is 6. The molecule has 2 amide bonds. The van der Waals surface area contributed by atoms with Gasteiger partial charge >= 0.3 is 0 Å². The maximum absolute atomic E-state index is 13.7. The van der Waals surface area contributed by atoms with Crippen LogP contribution in [0.25, 0.3) is 11.1 Å². The summed E-state index contributed by atoms with van der Waals surface area (Å²) in [6, 6.07) is 10.3. The van der Waals surface area contributed by atoms with Crippen LogP contribution in [-0.4, -0.2) is 84.8 Å². The second-order valence-electron chi connectivity index (χ2n) is 9.79. The summed E-state index contributed by atoms with van der Waals surface area (Å²) in [5.41, 5.74) is 2.50. The van der Waals surface area contributed by atoms with Gasteiger partial charge in [-0.3, -0.25) is 19.3 Å². The average Bonchev–Trinajstić information content (AvgIpc) is 3.39. The van der Waals surface area contributed by atoms with Crippen molar-refractivity contribution in [3.05, 3.63) is 58.0 Å². The maximum Gasteiger partial charge on any atom is 0.258 e. The topological polar surface area (TPSA) is 104 Å². The minimum Gasteiger partial charge on any atom is -0.396 e. The van der Waals surface area contributed by atoms with Crippen molar-refractivity contribution < 1.29 is 19.4 Å². The zero-order chi connectivity index (χ0) is 26.0. The van der Waals surface area contributed by atoms with E-state index < -0.39 is 6.04 Å². The molecule has 2 aliphatic rings. The molecule has 1 fully saturated rings. The number of aromatic nitrogens is 1. The van der Waals surface area contributed by atoms with Crippen molar-refractivity contribution in [1.29, 1.82) is 0 Å². The number of pyridine rings is 1. The summed E-state index contributed by atoms with van der Waals surface area (Å²) >= 11 is 0. The van der Waals surface area contributed by atoms with E-state index in [1.165, 1.54) is 4.90 Å². The highest BCUT2D eigenvalue weighted by Gasteiger charge is 2.55. The molecule has 2 aliphatic heterocycles. The number of benzene rings is 1. The summed E-state index contributed by atoms with van der Waals surface area (Å²) in [5.74, 6) is -0.567. The van der Waals surface area contributed by atoms with Crippen molar-refractivity contribution in [2.24, 2.45) is 11.8 Å². The summed E-state index contributed by atoms with van der Waals surface area (Å²) in [7, 11) is 4.98. The van der Waals surface area contributed by atoms with Gasteiger partial charge in [-0.2, -0.15) is 0 Å². The van der Waals surface area contributed by atoms with Crippen LogP contribution in [0, 0.1) is 11.8 Å². The Kier molecular flexibility index (Phi) is 7.92. The summed E-state index contributed by atoms with van der Waals surface area (Å²) in [4.78, 5) is 42.9. The quantitative estimate of drug-likeness (QED) is 0.508. The number of fused-ring (bicyclic) bond motifs is 3. The van der Waals surface area contributed by atoms with E-state index in [4.69, 9.17) is 4.74 Å². The van der Waals surface area contributed by atoms with Crippen molar-refractivity contribution in [2.75, 3.05) is 47.5 Å². The SMILES string of the molecule is CCCN1[C@@H]2c3ccc(-c4cccc(C(=O)N(C)C)c4)c(=O)n3C[C@@H]2[C@@H](CO)[C@@H]1C(=O)NCCOC. The number of aliphatic hydroxyl groups excluding tert-OH is 1. The molecule has 2 N–H and O–H groups in total. The molecule has 4 rings (SSSR count). The van der Waals surface area contributed by atoms with Crippen LogP contribution in [0.15, 0.2) is 41.2 Å². The van der Waals surface area contributed by atoms with E-state index >= 15 is 0 Å². The standard InChI is InChI=1S/C27H36N4O5/c1-5-12-30-23-20(21(16-32)24(30)25(33)28-11-13-36-4)15-31-22(23)10-9-19(27(31)35)17-7-6-8-18(14-17)26(34)29(2)3/h6-10,14,20-21,23-24,32H,5,11-13,15-16H2,1-4H3,(H,28,33)/t20-,21-,23+,24-/m1/s1. The van der Waals surface area contributed by atoms with Crippen LogP contribution < -0.4 is 10.9 Å². The number of amides is 2. The predicted molar refractivity (Wildman–Crippen MR) is 137 cm³/mol. The number of rotatable bonds is 9. The Bertz CT molecular complexity index is 1180. The van der Waals surface area contributed by atoms with Crippen LogP contribution in [0.4, 0.5) is 0 Å². The van der Waals surface area contributed by atoms with Gasteiger partial charge < -0.3 is 24.6 Å². The van der Waals surface area contributed by atoms with Gasteiger partial charge in [0.15, 0.2) is 0 Å². The summed E-state index contributed by atoms with van der Waals surface area (Å²) in [5, 5.41) is 13.3. The van der Waals surface area contributed by atoms with Gasteiger partial charge in [-0.1, -0.05) is 19.1 Å². The van der Waals surface area contributed by atoms with Gasteiger partial charge in [-0.15, -0.1) is 0 Å². The van der Waals surface area contributed by atoms with Crippen LogP contribution in [0.3, 0.4) is 0 Å². The van der Waals surface area contributed by atoms with Crippen molar-refractivity contribution in [3.63, 3.8) is 0 Å². The number of nitrogens with one attached hydrogen (secondary N) is 1. The van der Waals surface area contributed by atoms with Gasteiger partial charge in [-0.25, -0.2) is 0 Å². The Morgan fingerprint density at radius 2 is 2.00 bits per heavy atom. The minimum atomic E-state index is -0.459. The van der Waals surface area contributed by atoms with E-state index in [1.807, 2.05) is 18.2 Å². The van der Waals surface area contributed by atoms with Gasteiger partial charge in [0, 0.05) is 69.6 Å². The fraction of sp³-hybridized carbons (Fsp3) is 0.519. The second kappa shape index (κ2) is 10.9. The molecule has 0 aliphatic carbocycles.